The first-order chi connectivity index (χ1) is 8.36. The third kappa shape index (κ3) is 9.24. The van der Waals surface area contributed by atoms with E-state index >= 15 is 0 Å². The van der Waals surface area contributed by atoms with Crippen LogP contribution in [0.3, 0.4) is 0 Å². The normalized spacial score (nSPS) is 12.0. The van der Waals surface area contributed by atoms with E-state index in [9.17, 15) is 0 Å². The minimum Gasteiger partial charge on any atom is -0.398 e. The van der Waals surface area contributed by atoms with E-state index in [1.807, 2.05) is 13.8 Å². The molecule has 0 N–H and O–H groups in total. The van der Waals surface area contributed by atoms with E-state index < -0.39 is 17.1 Å². The largest absolute Gasteiger partial charge is 0.398 e. The highest BCUT2D eigenvalue weighted by Gasteiger charge is 2.30. The van der Waals surface area contributed by atoms with E-state index in [1.54, 1.807) is 14.2 Å². The van der Waals surface area contributed by atoms with Crippen molar-refractivity contribution < 1.29 is 17.7 Å². The predicted octanol–water partition coefficient (Wildman–Crippen LogP) is 3.52. The average molecular weight is 297 g/mol. The summed E-state index contributed by atoms with van der Waals surface area (Å²) < 4.78 is 21.4. The second-order valence-corrected chi connectivity index (χ2v) is 11.7. The summed E-state index contributed by atoms with van der Waals surface area (Å²) in [6.45, 7) is 13.9. The highest BCUT2D eigenvalue weighted by molar-refractivity contribution is 6.67. The van der Waals surface area contributed by atoms with Crippen molar-refractivity contribution >= 4 is 17.1 Å². The van der Waals surface area contributed by atoms with Gasteiger partial charge in [-0.1, -0.05) is 13.8 Å². The Labute approximate surface area is 115 Å². The van der Waals surface area contributed by atoms with Crippen molar-refractivity contribution in [2.45, 2.75) is 52.9 Å². The van der Waals surface area contributed by atoms with E-state index in [1.165, 1.54) is 0 Å². The highest BCUT2D eigenvalue weighted by Crippen LogP contribution is 2.15. The Bertz CT molecular complexity index is 159. The maximum absolute atomic E-state index is 5.39. The first-order valence-electron chi connectivity index (χ1n) is 6.75. The molecule has 0 saturated carbocycles. The summed E-state index contributed by atoms with van der Waals surface area (Å²) in [5.74, 6) is 0. The fourth-order valence-electron chi connectivity index (χ4n) is 1.65. The van der Waals surface area contributed by atoms with Gasteiger partial charge < -0.3 is 17.7 Å². The van der Waals surface area contributed by atoms with Crippen LogP contribution in [0.25, 0.3) is 0 Å². The summed E-state index contributed by atoms with van der Waals surface area (Å²) >= 11 is 0. The lowest BCUT2D eigenvalue weighted by Gasteiger charge is -2.23. The van der Waals surface area contributed by atoms with Crippen LogP contribution in [-0.2, 0) is 17.7 Å². The lowest BCUT2D eigenvalue weighted by molar-refractivity contribution is 0.196. The molecule has 0 unspecified atom stereocenters. The summed E-state index contributed by atoms with van der Waals surface area (Å²) in [4.78, 5) is 0. The number of hydrogen-bond acceptors (Lipinski definition) is 4. The van der Waals surface area contributed by atoms with E-state index in [2.05, 4.69) is 26.9 Å². The van der Waals surface area contributed by atoms with Crippen molar-refractivity contribution in [2.24, 2.45) is 0 Å². The van der Waals surface area contributed by atoms with E-state index in [0.717, 1.165) is 25.3 Å². The fraction of sp³-hybridized carbons (Fsp3) is 1.00. The molecule has 0 amide bonds. The van der Waals surface area contributed by atoms with Crippen LogP contribution >= 0.6 is 0 Å². The molecule has 0 saturated heterocycles. The highest BCUT2D eigenvalue weighted by atomic mass is 28.4. The van der Waals surface area contributed by atoms with Crippen LogP contribution in [0, 0.1) is 0 Å². The minimum absolute atomic E-state index is 0.763. The maximum Gasteiger partial charge on any atom is 0.337 e. The third-order valence-electron chi connectivity index (χ3n) is 2.81. The van der Waals surface area contributed by atoms with Crippen molar-refractivity contribution in [2.75, 3.05) is 27.4 Å². The lowest BCUT2D eigenvalue weighted by atomic mass is 10.9. The Balaban J connectivity index is 0. The van der Waals surface area contributed by atoms with Crippen LogP contribution in [0.15, 0.2) is 0 Å². The van der Waals surface area contributed by atoms with Crippen LogP contribution in [0.4, 0.5) is 0 Å². The van der Waals surface area contributed by atoms with Gasteiger partial charge in [-0.2, -0.15) is 0 Å². The van der Waals surface area contributed by atoms with Crippen LogP contribution < -0.4 is 0 Å². The predicted molar refractivity (Wildman–Crippen MR) is 81.5 cm³/mol. The number of rotatable bonds is 8. The van der Waals surface area contributed by atoms with Crippen molar-refractivity contribution in [3.05, 3.63) is 0 Å². The van der Waals surface area contributed by atoms with Gasteiger partial charge in [0.15, 0.2) is 0 Å². The standard InChI is InChI=1S/2C6H16O2Si/c1-5-7-9(3,4)8-6-2;1-5-9(6-2,7-3)8-4/h2*5-6H2,1-4H3. The Kier molecular flexibility index (Phi) is 12.7. The molecular formula is C12H32O4Si2. The average Bonchev–Trinajstić information content (AvgIpc) is 2.33. The summed E-state index contributed by atoms with van der Waals surface area (Å²) in [6, 6.07) is 2.08. The fourth-order valence-corrected chi connectivity index (χ4v) is 4.94. The molecule has 0 heterocycles. The quantitative estimate of drug-likeness (QED) is 0.642. The van der Waals surface area contributed by atoms with Crippen LogP contribution in [-0.4, -0.2) is 44.6 Å². The maximum atomic E-state index is 5.39. The zero-order valence-electron chi connectivity index (χ0n) is 13.5. The Morgan fingerprint density at radius 3 is 1.17 bits per heavy atom. The molecule has 4 nitrogen and oxygen atoms in total. The van der Waals surface area contributed by atoms with Gasteiger partial charge in [0.25, 0.3) is 0 Å². The zero-order valence-corrected chi connectivity index (χ0v) is 15.5. The summed E-state index contributed by atoms with van der Waals surface area (Å²) in [7, 11) is 0.0829. The molecule has 0 aromatic rings. The zero-order chi connectivity index (χ0) is 14.7. The van der Waals surface area contributed by atoms with Gasteiger partial charge in [0.1, 0.15) is 0 Å². The van der Waals surface area contributed by atoms with Crippen molar-refractivity contribution in [1.29, 1.82) is 0 Å². The molecule has 0 aliphatic heterocycles. The van der Waals surface area contributed by atoms with Crippen molar-refractivity contribution in [1.82, 2.24) is 0 Å². The number of hydrogen-bond donors (Lipinski definition) is 0. The minimum atomic E-state index is -1.70. The Morgan fingerprint density at radius 1 is 0.722 bits per heavy atom. The Morgan fingerprint density at radius 2 is 1.06 bits per heavy atom. The van der Waals surface area contributed by atoms with Crippen LogP contribution in [0.1, 0.15) is 27.7 Å². The van der Waals surface area contributed by atoms with Gasteiger partial charge in [-0.25, -0.2) is 0 Å². The molecule has 0 aliphatic rings. The second kappa shape index (κ2) is 11.1. The van der Waals surface area contributed by atoms with Gasteiger partial charge in [-0.15, -0.1) is 0 Å². The molecule has 0 atom stereocenters. The molecule has 112 valence electrons. The van der Waals surface area contributed by atoms with Gasteiger partial charge in [0.05, 0.1) is 0 Å². The van der Waals surface area contributed by atoms with Gasteiger partial charge >= 0.3 is 17.1 Å². The SMILES string of the molecule is CCO[Si](C)(C)OCC.CC[Si](CC)(OC)OC. The Hall–Kier alpha value is 0.274. The molecule has 0 aliphatic carbocycles. The molecule has 0 aromatic carbocycles. The molecule has 18 heavy (non-hydrogen) atoms. The summed E-state index contributed by atoms with van der Waals surface area (Å²) in [5.41, 5.74) is 0. The summed E-state index contributed by atoms with van der Waals surface area (Å²) in [5, 5.41) is 0. The molecule has 0 rings (SSSR count). The van der Waals surface area contributed by atoms with E-state index in [0.29, 0.717) is 0 Å². The summed E-state index contributed by atoms with van der Waals surface area (Å²) in [6.07, 6.45) is 0. The topological polar surface area (TPSA) is 36.9 Å². The van der Waals surface area contributed by atoms with Crippen LogP contribution in [0.2, 0.25) is 25.2 Å². The van der Waals surface area contributed by atoms with E-state index in [4.69, 9.17) is 17.7 Å². The second-order valence-electron chi connectivity index (χ2n) is 4.29. The van der Waals surface area contributed by atoms with E-state index in [-0.39, 0.29) is 0 Å². The molecule has 6 heteroatoms. The molecule has 0 fully saturated rings. The van der Waals surface area contributed by atoms with Crippen molar-refractivity contribution in [3.8, 4) is 0 Å². The molecule has 0 bridgehead atoms. The smallest absolute Gasteiger partial charge is 0.337 e. The van der Waals surface area contributed by atoms with Gasteiger partial charge in [0, 0.05) is 27.4 Å². The lowest BCUT2D eigenvalue weighted by Crippen LogP contribution is -2.37. The molecule has 0 aromatic heterocycles. The van der Waals surface area contributed by atoms with Gasteiger partial charge in [-0.3, -0.25) is 0 Å². The molecular weight excluding hydrogens is 264 g/mol. The first kappa shape index (κ1) is 20.6. The monoisotopic (exact) mass is 296 g/mol. The third-order valence-corrected chi connectivity index (χ3v) is 8.42. The van der Waals surface area contributed by atoms with Gasteiger partial charge in [-0.05, 0) is 39.0 Å². The molecule has 0 spiro atoms. The van der Waals surface area contributed by atoms with Crippen molar-refractivity contribution in [3.63, 3.8) is 0 Å². The first-order valence-corrected chi connectivity index (χ1v) is 11.8. The van der Waals surface area contributed by atoms with Gasteiger partial charge in [0.2, 0.25) is 0 Å². The molecule has 0 radical (unpaired) electrons. The van der Waals surface area contributed by atoms with Crippen LogP contribution in [0.5, 0.6) is 0 Å².